The molecule has 0 aliphatic rings. The molecule has 0 unspecified atom stereocenters. The van der Waals surface area contributed by atoms with Gasteiger partial charge in [0.15, 0.2) is 0 Å². The molecule has 142 valence electrons. The van der Waals surface area contributed by atoms with Crippen LogP contribution in [0.5, 0.6) is 0 Å². The number of hydrogen-bond acceptors (Lipinski definition) is 4. The minimum Gasteiger partial charge on any atom is -0.462 e. The van der Waals surface area contributed by atoms with Crippen LogP contribution in [-0.2, 0) is 9.53 Å². The van der Waals surface area contributed by atoms with E-state index in [1.807, 2.05) is 0 Å². The van der Waals surface area contributed by atoms with Gasteiger partial charge in [-0.2, -0.15) is 0 Å². The van der Waals surface area contributed by atoms with Crippen molar-refractivity contribution < 1.29 is 27.9 Å². The van der Waals surface area contributed by atoms with Crippen LogP contribution in [0, 0.1) is 11.6 Å². The van der Waals surface area contributed by atoms with Crippen molar-refractivity contribution in [2.45, 2.75) is 13.3 Å². The van der Waals surface area contributed by atoms with Gasteiger partial charge in [0.25, 0.3) is 5.91 Å². The number of benzene rings is 2. The number of halogens is 2. The average molecular weight is 376 g/mol. The zero-order valence-electron chi connectivity index (χ0n) is 14.6. The molecule has 2 N–H and O–H groups in total. The Morgan fingerprint density at radius 1 is 1.07 bits per heavy atom. The summed E-state index contributed by atoms with van der Waals surface area (Å²) >= 11 is 0. The Labute approximate surface area is 154 Å². The van der Waals surface area contributed by atoms with E-state index in [4.69, 9.17) is 4.74 Å². The van der Waals surface area contributed by atoms with Crippen LogP contribution in [0.2, 0.25) is 0 Å². The van der Waals surface area contributed by atoms with Gasteiger partial charge in [-0.25, -0.2) is 13.6 Å². The van der Waals surface area contributed by atoms with Gasteiger partial charge in [-0.3, -0.25) is 9.59 Å². The number of carbonyl (C=O) groups is 3. The largest absolute Gasteiger partial charge is 0.462 e. The summed E-state index contributed by atoms with van der Waals surface area (Å²) in [5, 5.41) is 4.98. The normalized spacial score (nSPS) is 10.2. The maximum Gasteiger partial charge on any atom is 0.338 e. The summed E-state index contributed by atoms with van der Waals surface area (Å²) in [6.45, 7) is 1.89. The summed E-state index contributed by atoms with van der Waals surface area (Å²) in [6.07, 6.45) is -0.0712. The minimum atomic E-state index is -0.979. The van der Waals surface area contributed by atoms with Gasteiger partial charge in [0.05, 0.1) is 17.7 Å². The predicted molar refractivity (Wildman–Crippen MR) is 94.3 cm³/mol. The SMILES string of the molecule is CCOC(=O)c1cccc(NC(=O)CCNC(=O)c2ccc(F)cc2F)c1. The van der Waals surface area contributed by atoms with E-state index in [0.29, 0.717) is 17.3 Å². The van der Waals surface area contributed by atoms with Gasteiger partial charge in [0, 0.05) is 24.7 Å². The summed E-state index contributed by atoms with van der Waals surface area (Å²) < 4.78 is 31.2. The summed E-state index contributed by atoms with van der Waals surface area (Å²) in [5.74, 6) is -3.41. The Morgan fingerprint density at radius 2 is 1.85 bits per heavy atom. The zero-order chi connectivity index (χ0) is 19.8. The van der Waals surface area contributed by atoms with Gasteiger partial charge in [-0.15, -0.1) is 0 Å². The second-order valence-corrected chi connectivity index (χ2v) is 5.48. The highest BCUT2D eigenvalue weighted by molar-refractivity contribution is 5.96. The first-order chi connectivity index (χ1) is 12.9. The Hall–Kier alpha value is -3.29. The number of hydrogen-bond donors (Lipinski definition) is 2. The molecule has 0 radical (unpaired) electrons. The Morgan fingerprint density at radius 3 is 2.56 bits per heavy atom. The highest BCUT2D eigenvalue weighted by Crippen LogP contribution is 2.12. The topological polar surface area (TPSA) is 84.5 Å². The Kier molecular flexibility index (Phi) is 6.99. The van der Waals surface area contributed by atoms with Crippen molar-refractivity contribution in [2.75, 3.05) is 18.5 Å². The molecule has 2 rings (SSSR count). The maximum atomic E-state index is 13.5. The van der Waals surface area contributed by atoms with E-state index in [1.165, 1.54) is 6.07 Å². The Bertz CT molecular complexity index is 855. The molecule has 0 aliphatic carbocycles. The van der Waals surface area contributed by atoms with Crippen molar-refractivity contribution in [2.24, 2.45) is 0 Å². The molecule has 8 heteroatoms. The second kappa shape index (κ2) is 9.42. The molecule has 0 atom stereocenters. The third-order valence-electron chi connectivity index (χ3n) is 3.47. The number of esters is 1. The molecule has 0 aliphatic heterocycles. The molecule has 2 aromatic carbocycles. The molecule has 0 bridgehead atoms. The fraction of sp³-hybridized carbons (Fsp3) is 0.211. The first-order valence-corrected chi connectivity index (χ1v) is 8.21. The van der Waals surface area contributed by atoms with Crippen LogP contribution in [0.4, 0.5) is 14.5 Å². The smallest absolute Gasteiger partial charge is 0.338 e. The van der Waals surface area contributed by atoms with Gasteiger partial charge < -0.3 is 15.4 Å². The average Bonchev–Trinajstić information content (AvgIpc) is 2.62. The van der Waals surface area contributed by atoms with E-state index in [2.05, 4.69) is 10.6 Å². The molecule has 0 saturated carbocycles. The number of rotatable bonds is 7. The fourth-order valence-electron chi connectivity index (χ4n) is 2.22. The van der Waals surface area contributed by atoms with Gasteiger partial charge in [0.2, 0.25) is 5.91 Å². The number of carbonyl (C=O) groups excluding carboxylic acids is 3. The lowest BCUT2D eigenvalue weighted by molar-refractivity contribution is -0.116. The highest BCUT2D eigenvalue weighted by Gasteiger charge is 2.13. The lowest BCUT2D eigenvalue weighted by atomic mass is 10.2. The van der Waals surface area contributed by atoms with Crippen molar-refractivity contribution in [3.05, 3.63) is 65.2 Å². The molecule has 0 fully saturated rings. The number of anilines is 1. The number of amides is 2. The van der Waals surface area contributed by atoms with Crippen LogP contribution in [0.25, 0.3) is 0 Å². The van der Waals surface area contributed by atoms with Gasteiger partial charge in [-0.1, -0.05) is 6.07 Å². The van der Waals surface area contributed by atoms with Crippen molar-refractivity contribution in [1.82, 2.24) is 5.32 Å². The number of ether oxygens (including phenoxy) is 1. The molecule has 0 saturated heterocycles. The molecule has 0 aromatic heterocycles. The monoisotopic (exact) mass is 376 g/mol. The first kappa shape index (κ1) is 20.0. The van der Waals surface area contributed by atoms with Crippen LogP contribution >= 0.6 is 0 Å². The van der Waals surface area contributed by atoms with Crippen molar-refractivity contribution in [3.8, 4) is 0 Å². The van der Waals surface area contributed by atoms with Crippen LogP contribution < -0.4 is 10.6 Å². The highest BCUT2D eigenvalue weighted by atomic mass is 19.1. The molecular formula is C19H18F2N2O4. The van der Waals surface area contributed by atoms with Crippen molar-refractivity contribution in [1.29, 1.82) is 0 Å². The molecule has 2 aromatic rings. The summed E-state index contributed by atoms with van der Waals surface area (Å²) in [6, 6.07) is 8.85. The van der Waals surface area contributed by atoms with Crippen LogP contribution in [0.15, 0.2) is 42.5 Å². The van der Waals surface area contributed by atoms with Gasteiger partial charge in [-0.05, 0) is 37.3 Å². The quantitative estimate of drug-likeness (QED) is 0.728. The molecule has 27 heavy (non-hydrogen) atoms. The van der Waals surface area contributed by atoms with E-state index in [-0.39, 0.29) is 25.1 Å². The summed E-state index contributed by atoms with van der Waals surface area (Å²) in [7, 11) is 0. The van der Waals surface area contributed by atoms with Crippen LogP contribution in [0.3, 0.4) is 0 Å². The van der Waals surface area contributed by atoms with Crippen LogP contribution in [-0.4, -0.2) is 30.9 Å². The third kappa shape index (κ3) is 5.88. The van der Waals surface area contributed by atoms with E-state index >= 15 is 0 Å². The molecule has 0 heterocycles. The molecular weight excluding hydrogens is 358 g/mol. The summed E-state index contributed by atoms with van der Waals surface area (Å²) in [4.78, 5) is 35.5. The second-order valence-electron chi connectivity index (χ2n) is 5.48. The van der Waals surface area contributed by atoms with Crippen LogP contribution in [0.1, 0.15) is 34.1 Å². The first-order valence-electron chi connectivity index (χ1n) is 8.21. The van der Waals surface area contributed by atoms with E-state index in [0.717, 1.165) is 12.1 Å². The van der Waals surface area contributed by atoms with Crippen molar-refractivity contribution in [3.63, 3.8) is 0 Å². The third-order valence-corrected chi connectivity index (χ3v) is 3.47. The van der Waals surface area contributed by atoms with E-state index in [1.54, 1.807) is 25.1 Å². The van der Waals surface area contributed by atoms with Gasteiger partial charge in [0.1, 0.15) is 11.6 Å². The molecule has 0 spiro atoms. The number of nitrogens with one attached hydrogen (secondary N) is 2. The maximum absolute atomic E-state index is 13.5. The predicted octanol–water partition coefficient (Wildman–Crippen LogP) is 2.90. The standard InChI is InChI=1S/C19H18F2N2O4/c1-2-27-19(26)12-4-3-5-14(10-12)23-17(24)8-9-22-18(25)15-7-6-13(20)11-16(15)21/h3-7,10-11H,2,8-9H2,1H3,(H,22,25)(H,23,24). The fourth-order valence-corrected chi connectivity index (χ4v) is 2.22. The zero-order valence-corrected chi connectivity index (χ0v) is 14.6. The van der Waals surface area contributed by atoms with Crippen molar-refractivity contribution >= 4 is 23.5 Å². The minimum absolute atomic E-state index is 0.0426. The molecule has 6 nitrogen and oxygen atoms in total. The van der Waals surface area contributed by atoms with E-state index < -0.39 is 29.4 Å². The lowest BCUT2D eigenvalue weighted by Crippen LogP contribution is -2.28. The Balaban J connectivity index is 1.85. The lowest BCUT2D eigenvalue weighted by Gasteiger charge is -2.08. The van der Waals surface area contributed by atoms with Gasteiger partial charge >= 0.3 is 5.97 Å². The molecule has 2 amide bonds. The van der Waals surface area contributed by atoms with E-state index in [9.17, 15) is 23.2 Å². The summed E-state index contributed by atoms with van der Waals surface area (Å²) in [5.41, 5.74) is 0.398.